The molecule has 0 bridgehead atoms. The van der Waals surface area contributed by atoms with E-state index < -0.39 is 0 Å². The van der Waals surface area contributed by atoms with E-state index >= 15 is 0 Å². The van der Waals surface area contributed by atoms with Gasteiger partial charge in [-0.25, -0.2) is 0 Å². The van der Waals surface area contributed by atoms with Gasteiger partial charge in [-0.2, -0.15) is 5.26 Å². The van der Waals surface area contributed by atoms with Crippen LogP contribution in [0, 0.1) is 18.3 Å². The minimum Gasteiger partial charge on any atom is -0.192 e. The van der Waals surface area contributed by atoms with Crippen molar-refractivity contribution in [3.63, 3.8) is 0 Å². The summed E-state index contributed by atoms with van der Waals surface area (Å²) in [6.45, 7) is 2.12. The summed E-state index contributed by atoms with van der Waals surface area (Å²) in [5.41, 5.74) is 3.22. The zero-order chi connectivity index (χ0) is 12.1. The van der Waals surface area contributed by atoms with Crippen molar-refractivity contribution in [2.45, 2.75) is 17.6 Å². The van der Waals surface area contributed by atoms with E-state index in [0.29, 0.717) is 0 Å². The molecule has 0 amide bonds. The van der Waals surface area contributed by atoms with Gasteiger partial charge in [0.1, 0.15) is 0 Å². The third-order valence-electron chi connectivity index (χ3n) is 2.54. The van der Waals surface area contributed by atoms with Gasteiger partial charge in [-0.05, 0) is 36.2 Å². The Morgan fingerprint density at radius 1 is 1.12 bits per heavy atom. The first-order valence-electron chi connectivity index (χ1n) is 5.47. The Balaban J connectivity index is 2.08. The molecule has 84 valence electrons. The summed E-state index contributed by atoms with van der Waals surface area (Å²) in [5, 5.41) is 8.83. The van der Waals surface area contributed by atoms with Crippen LogP contribution in [-0.4, -0.2) is 0 Å². The lowest BCUT2D eigenvalue weighted by atomic mass is 10.2. The van der Waals surface area contributed by atoms with Gasteiger partial charge < -0.3 is 0 Å². The van der Waals surface area contributed by atoms with Crippen LogP contribution in [0.1, 0.15) is 16.7 Å². The normalized spacial score (nSPS) is 9.88. The van der Waals surface area contributed by atoms with E-state index in [1.165, 1.54) is 16.0 Å². The number of rotatable bonds is 3. The van der Waals surface area contributed by atoms with Crippen LogP contribution in [-0.2, 0) is 5.75 Å². The van der Waals surface area contributed by atoms with Crippen molar-refractivity contribution in [2.75, 3.05) is 0 Å². The number of thioether (sulfide) groups is 1. The Morgan fingerprint density at radius 3 is 2.71 bits per heavy atom. The first-order chi connectivity index (χ1) is 8.29. The van der Waals surface area contributed by atoms with Gasteiger partial charge in [0.25, 0.3) is 0 Å². The monoisotopic (exact) mass is 239 g/mol. The summed E-state index contributed by atoms with van der Waals surface area (Å²) in [6.07, 6.45) is 0. The van der Waals surface area contributed by atoms with E-state index in [-0.39, 0.29) is 0 Å². The third kappa shape index (κ3) is 3.12. The number of benzene rings is 2. The van der Waals surface area contributed by atoms with E-state index in [2.05, 4.69) is 43.3 Å². The van der Waals surface area contributed by atoms with Crippen molar-refractivity contribution in [1.82, 2.24) is 0 Å². The van der Waals surface area contributed by atoms with Gasteiger partial charge in [0.05, 0.1) is 11.6 Å². The average Bonchev–Trinajstić information content (AvgIpc) is 2.38. The van der Waals surface area contributed by atoms with Gasteiger partial charge in [-0.3, -0.25) is 0 Å². The van der Waals surface area contributed by atoms with Crippen LogP contribution in [0.3, 0.4) is 0 Å². The Morgan fingerprint density at radius 2 is 1.94 bits per heavy atom. The van der Waals surface area contributed by atoms with E-state index in [9.17, 15) is 0 Å². The zero-order valence-corrected chi connectivity index (χ0v) is 10.5. The summed E-state index contributed by atoms with van der Waals surface area (Å²) in [5.74, 6) is 0.903. The fraction of sp³-hybridized carbons (Fsp3) is 0.133. The first-order valence-corrected chi connectivity index (χ1v) is 6.45. The van der Waals surface area contributed by atoms with Gasteiger partial charge in [0, 0.05) is 10.6 Å². The van der Waals surface area contributed by atoms with Crippen molar-refractivity contribution in [1.29, 1.82) is 5.26 Å². The topological polar surface area (TPSA) is 23.8 Å². The van der Waals surface area contributed by atoms with Crippen molar-refractivity contribution in [3.05, 3.63) is 65.2 Å². The molecule has 0 aliphatic heterocycles. The molecule has 2 aromatic rings. The molecule has 0 N–H and O–H groups in total. The maximum absolute atomic E-state index is 8.83. The molecule has 2 aromatic carbocycles. The SMILES string of the molecule is Cc1ccccc1SCc1cccc(C#N)c1. The quantitative estimate of drug-likeness (QED) is 0.751. The Bertz CT molecular complexity index is 555. The molecule has 2 heteroatoms. The highest BCUT2D eigenvalue weighted by molar-refractivity contribution is 7.98. The molecule has 0 unspecified atom stereocenters. The summed E-state index contributed by atoms with van der Waals surface area (Å²) in [6, 6.07) is 18.3. The smallest absolute Gasteiger partial charge is 0.0991 e. The molecule has 0 saturated carbocycles. The van der Waals surface area contributed by atoms with Crippen molar-refractivity contribution < 1.29 is 0 Å². The molecule has 2 rings (SSSR count). The summed E-state index contributed by atoms with van der Waals surface area (Å²) < 4.78 is 0. The van der Waals surface area contributed by atoms with E-state index in [1.807, 2.05) is 30.0 Å². The van der Waals surface area contributed by atoms with Gasteiger partial charge in [0.15, 0.2) is 0 Å². The van der Waals surface area contributed by atoms with Crippen molar-refractivity contribution in [3.8, 4) is 6.07 Å². The van der Waals surface area contributed by atoms with E-state index in [0.717, 1.165) is 11.3 Å². The predicted molar refractivity (Wildman–Crippen MR) is 71.9 cm³/mol. The number of hydrogen-bond donors (Lipinski definition) is 0. The van der Waals surface area contributed by atoms with Crippen LogP contribution in [0.4, 0.5) is 0 Å². The highest BCUT2D eigenvalue weighted by Gasteiger charge is 2.00. The fourth-order valence-corrected chi connectivity index (χ4v) is 2.58. The largest absolute Gasteiger partial charge is 0.192 e. The Labute approximate surface area is 106 Å². The lowest BCUT2D eigenvalue weighted by molar-refractivity contribution is 1.29. The first kappa shape index (κ1) is 11.8. The third-order valence-corrected chi connectivity index (χ3v) is 3.79. The number of nitriles is 1. The molecule has 0 aromatic heterocycles. The molecular formula is C15H13NS. The second-order valence-electron chi connectivity index (χ2n) is 3.87. The molecule has 0 aliphatic rings. The van der Waals surface area contributed by atoms with Gasteiger partial charge >= 0.3 is 0 Å². The fourth-order valence-electron chi connectivity index (χ4n) is 1.61. The lowest BCUT2D eigenvalue weighted by Gasteiger charge is -2.05. The van der Waals surface area contributed by atoms with Crippen LogP contribution in [0.15, 0.2) is 53.4 Å². The lowest BCUT2D eigenvalue weighted by Crippen LogP contribution is -1.84. The van der Waals surface area contributed by atoms with Crippen LogP contribution in [0.2, 0.25) is 0 Å². The maximum Gasteiger partial charge on any atom is 0.0991 e. The van der Waals surface area contributed by atoms with Crippen LogP contribution >= 0.6 is 11.8 Å². The Kier molecular flexibility index (Phi) is 3.85. The molecule has 0 atom stereocenters. The Hall–Kier alpha value is -1.72. The predicted octanol–water partition coefficient (Wildman–Crippen LogP) is 4.16. The molecule has 0 radical (unpaired) electrons. The van der Waals surface area contributed by atoms with Crippen molar-refractivity contribution in [2.24, 2.45) is 0 Å². The number of hydrogen-bond acceptors (Lipinski definition) is 2. The molecule has 0 saturated heterocycles. The van der Waals surface area contributed by atoms with E-state index in [4.69, 9.17) is 5.26 Å². The minimum atomic E-state index is 0.730. The van der Waals surface area contributed by atoms with Gasteiger partial charge in [0.2, 0.25) is 0 Å². The highest BCUT2D eigenvalue weighted by atomic mass is 32.2. The maximum atomic E-state index is 8.83. The van der Waals surface area contributed by atoms with Gasteiger partial charge in [-0.1, -0.05) is 30.3 Å². The molecule has 1 nitrogen and oxygen atoms in total. The molecule has 0 heterocycles. The van der Waals surface area contributed by atoms with Gasteiger partial charge in [-0.15, -0.1) is 11.8 Å². The standard InChI is InChI=1S/C15H13NS/c1-12-5-2-3-8-15(12)17-11-14-7-4-6-13(9-14)10-16/h2-9H,11H2,1H3. The molecule has 0 aliphatic carbocycles. The average molecular weight is 239 g/mol. The second kappa shape index (κ2) is 5.56. The summed E-state index contributed by atoms with van der Waals surface area (Å²) in [7, 11) is 0. The highest BCUT2D eigenvalue weighted by Crippen LogP contribution is 2.25. The van der Waals surface area contributed by atoms with Crippen molar-refractivity contribution >= 4 is 11.8 Å². The molecule has 17 heavy (non-hydrogen) atoms. The molecule has 0 spiro atoms. The zero-order valence-electron chi connectivity index (χ0n) is 9.68. The van der Waals surface area contributed by atoms with Crippen LogP contribution in [0.25, 0.3) is 0 Å². The number of nitrogens with zero attached hydrogens (tertiary/aromatic N) is 1. The molecular weight excluding hydrogens is 226 g/mol. The van der Waals surface area contributed by atoms with Crippen LogP contribution in [0.5, 0.6) is 0 Å². The summed E-state index contributed by atoms with van der Waals surface area (Å²) in [4.78, 5) is 1.30. The minimum absolute atomic E-state index is 0.730. The van der Waals surface area contributed by atoms with Crippen LogP contribution < -0.4 is 0 Å². The molecule has 0 fully saturated rings. The summed E-state index contributed by atoms with van der Waals surface area (Å²) >= 11 is 1.81. The number of aryl methyl sites for hydroxylation is 1. The second-order valence-corrected chi connectivity index (χ2v) is 4.88. The van der Waals surface area contributed by atoms with E-state index in [1.54, 1.807) is 0 Å².